The van der Waals surface area contributed by atoms with Crippen LogP contribution in [-0.4, -0.2) is 0 Å². The summed E-state index contributed by atoms with van der Waals surface area (Å²) in [6.07, 6.45) is 7.75. The van der Waals surface area contributed by atoms with E-state index in [1.807, 2.05) is 11.3 Å². The van der Waals surface area contributed by atoms with E-state index >= 15 is 0 Å². The smallest absolute Gasteiger partial charge is 0.0529 e. The Balaban J connectivity index is 1.75. The Morgan fingerprint density at radius 3 is 2.80 bits per heavy atom. The van der Waals surface area contributed by atoms with Gasteiger partial charge < -0.3 is 0 Å². The predicted octanol–water partition coefficient (Wildman–Crippen LogP) is 6.46. The Bertz CT molecular complexity index is 565. The number of halogens is 2. The molecule has 0 radical (unpaired) electrons. The lowest BCUT2D eigenvalue weighted by Crippen LogP contribution is -1.93. The van der Waals surface area contributed by atoms with E-state index in [-0.39, 0.29) is 0 Å². The van der Waals surface area contributed by atoms with Crippen molar-refractivity contribution in [2.24, 2.45) is 0 Å². The van der Waals surface area contributed by atoms with Crippen molar-refractivity contribution in [3.05, 3.63) is 55.7 Å². The molecule has 0 fully saturated rings. The number of rotatable bonds is 3. The summed E-state index contributed by atoms with van der Waals surface area (Å²) in [7, 11) is 0. The van der Waals surface area contributed by atoms with E-state index in [9.17, 15) is 0 Å². The maximum atomic E-state index is 3.89. The molecule has 1 aliphatic carbocycles. The molecule has 0 saturated carbocycles. The molecular weight excluding hydrogens is 396 g/mol. The molecular formula is C17H18Br2S. The van der Waals surface area contributed by atoms with Gasteiger partial charge in [0.25, 0.3) is 0 Å². The Hall–Kier alpha value is -0.120. The summed E-state index contributed by atoms with van der Waals surface area (Å²) >= 11 is 9.46. The molecule has 0 aliphatic heterocycles. The van der Waals surface area contributed by atoms with Gasteiger partial charge in [-0.1, -0.05) is 50.4 Å². The highest BCUT2D eigenvalue weighted by Gasteiger charge is 2.17. The summed E-state index contributed by atoms with van der Waals surface area (Å²) in [5, 5.41) is 0. The molecule has 1 atom stereocenters. The molecule has 1 heterocycles. The second kappa shape index (κ2) is 6.76. The van der Waals surface area contributed by atoms with E-state index in [1.165, 1.54) is 42.5 Å². The van der Waals surface area contributed by atoms with Gasteiger partial charge in [0.05, 0.1) is 4.83 Å². The predicted molar refractivity (Wildman–Crippen MR) is 95.1 cm³/mol. The van der Waals surface area contributed by atoms with Crippen LogP contribution in [0.5, 0.6) is 0 Å². The zero-order chi connectivity index (χ0) is 13.9. The molecule has 0 amide bonds. The Morgan fingerprint density at radius 2 is 1.95 bits per heavy atom. The second-order valence-corrected chi connectivity index (χ2v) is 8.65. The van der Waals surface area contributed by atoms with E-state index in [0.29, 0.717) is 4.83 Å². The van der Waals surface area contributed by atoms with Crippen molar-refractivity contribution in [3.63, 3.8) is 0 Å². The monoisotopic (exact) mass is 412 g/mol. The lowest BCUT2D eigenvalue weighted by molar-refractivity contribution is 0.712. The maximum absolute atomic E-state index is 3.89. The SMILES string of the molecule is Brc1cccc(CC(Br)c2cc3c(s2)CCCCC3)c1. The second-order valence-electron chi connectivity index (χ2n) is 5.46. The molecule has 3 rings (SSSR count). The van der Waals surface area contributed by atoms with Crippen molar-refractivity contribution in [3.8, 4) is 0 Å². The summed E-state index contributed by atoms with van der Waals surface area (Å²) in [5.41, 5.74) is 2.99. The number of thiophene rings is 1. The average Bonchev–Trinajstić information content (AvgIpc) is 2.70. The van der Waals surface area contributed by atoms with Gasteiger partial charge in [-0.2, -0.15) is 0 Å². The van der Waals surface area contributed by atoms with Crippen LogP contribution < -0.4 is 0 Å². The maximum Gasteiger partial charge on any atom is 0.0529 e. The fraction of sp³-hybridized carbons (Fsp3) is 0.412. The number of fused-ring (bicyclic) bond motifs is 1. The molecule has 0 bridgehead atoms. The number of alkyl halides is 1. The first-order chi connectivity index (χ1) is 9.72. The first-order valence-corrected chi connectivity index (χ1v) is 9.75. The van der Waals surface area contributed by atoms with Crippen molar-refractivity contribution in [1.82, 2.24) is 0 Å². The van der Waals surface area contributed by atoms with Crippen LogP contribution in [0, 0.1) is 0 Å². The Kier molecular flexibility index (Phi) is 5.00. The van der Waals surface area contributed by atoms with Gasteiger partial charge in [-0.3, -0.25) is 0 Å². The van der Waals surface area contributed by atoms with Crippen LogP contribution in [0.15, 0.2) is 34.8 Å². The molecule has 0 N–H and O–H groups in total. The van der Waals surface area contributed by atoms with E-state index in [1.54, 1.807) is 10.4 Å². The van der Waals surface area contributed by atoms with Gasteiger partial charge in [-0.05, 0) is 61.4 Å². The lowest BCUT2D eigenvalue weighted by Gasteiger charge is -2.08. The van der Waals surface area contributed by atoms with E-state index in [0.717, 1.165) is 10.9 Å². The highest BCUT2D eigenvalue weighted by atomic mass is 79.9. The number of benzene rings is 1. The highest BCUT2D eigenvalue weighted by molar-refractivity contribution is 9.10. The van der Waals surface area contributed by atoms with Crippen LogP contribution in [0.4, 0.5) is 0 Å². The van der Waals surface area contributed by atoms with Crippen molar-refractivity contribution >= 4 is 43.2 Å². The summed E-state index contributed by atoms with van der Waals surface area (Å²) in [6.45, 7) is 0. The molecule has 0 spiro atoms. The van der Waals surface area contributed by atoms with Crippen LogP contribution in [0.3, 0.4) is 0 Å². The molecule has 1 aliphatic rings. The first-order valence-electron chi connectivity index (χ1n) is 7.22. The third-order valence-electron chi connectivity index (χ3n) is 3.88. The summed E-state index contributed by atoms with van der Waals surface area (Å²) in [4.78, 5) is 3.57. The minimum atomic E-state index is 0.439. The van der Waals surface area contributed by atoms with Gasteiger partial charge in [-0.15, -0.1) is 11.3 Å². The molecule has 3 heteroatoms. The minimum Gasteiger partial charge on any atom is -0.144 e. The van der Waals surface area contributed by atoms with E-state index in [4.69, 9.17) is 0 Å². The van der Waals surface area contributed by atoms with Gasteiger partial charge in [0, 0.05) is 14.2 Å². The lowest BCUT2D eigenvalue weighted by atomic mass is 10.1. The normalized spacial score (nSPS) is 16.5. The highest BCUT2D eigenvalue weighted by Crippen LogP contribution is 2.37. The van der Waals surface area contributed by atoms with Crippen LogP contribution in [0.25, 0.3) is 0 Å². The molecule has 0 nitrogen and oxygen atoms in total. The van der Waals surface area contributed by atoms with Crippen molar-refractivity contribution in [2.45, 2.75) is 43.4 Å². The molecule has 1 aromatic heterocycles. The number of aryl methyl sites for hydroxylation is 2. The van der Waals surface area contributed by atoms with Crippen molar-refractivity contribution < 1.29 is 0 Å². The largest absolute Gasteiger partial charge is 0.144 e. The summed E-state index contributed by atoms with van der Waals surface area (Å²) in [5.74, 6) is 0. The molecule has 1 aromatic carbocycles. The zero-order valence-corrected chi connectivity index (χ0v) is 15.4. The third kappa shape index (κ3) is 3.55. The number of hydrogen-bond acceptors (Lipinski definition) is 1. The van der Waals surface area contributed by atoms with Crippen molar-refractivity contribution in [2.75, 3.05) is 0 Å². The van der Waals surface area contributed by atoms with Gasteiger partial charge >= 0.3 is 0 Å². The Labute approximate surface area is 141 Å². The average molecular weight is 414 g/mol. The van der Waals surface area contributed by atoms with Gasteiger partial charge in [-0.25, -0.2) is 0 Å². The molecule has 106 valence electrons. The topological polar surface area (TPSA) is 0 Å². The van der Waals surface area contributed by atoms with Gasteiger partial charge in [0.2, 0.25) is 0 Å². The van der Waals surface area contributed by atoms with Crippen molar-refractivity contribution in [1.29, 1.82) is 0 Å². The quantitative estimate of drug-likeness (QED) is 0.400. The number of hydrogen-bond donors (Lipinski definition) is 0. The van der Waals surface area contributed by atoms with Gasteiger partial charge in [0.1, 0.15) is 0 Å². The van der Waals surface area contributed by atoms with Crippen LogP contribution in [-0.2, 0) is 19.3 Å². The van der Waals surface area contributed by atoms with Crippen LogP contribution in [0.2, 0.25) is 0 Å². The Morgan fingerprint density at radius 1 is 1.10 bits per heavy atom. The third-order valence-corrected chi connectivity index (χ3v) is 6.84. The van der Waals surface area contributed by atoms with E-state index < -0.39 is 0 Å². The molecule has 20 heavy (non-hydrogen) atoms. The van der Waals surface area contributed by atoms with Gasteiger partial charge in [0.15, 0.2) is 0 Å². The molecule has 2 aromatic rings. The standard InChI is InChI=1S/C17H18Br2S/c18-14-7-4-5-12(9-14)10-15(19)17-11-13-6-2-1-3-8-16(13)20-17/h4-5,7,9,11,15H,1-3,6,8,10H2. The van der Waals surface area contributed by atoms with Crippen LogP contribution in [0.1, 0.15) is 45.0 Å². The molecule has 0 saturated heterocycles. The minimum absolute atomic E-state index is 0.439. The fourth-order valence-corrected chi connectivity index (χ4v) is 5.28. The summed E-state index contributed by atoms with van der Waals surface area (Å²) in [6, 6.07) is 11.1. The van der Waals surface area contributed by atoms with Crippen LogP contribution >= 0.6 is 43.2 Å². The fourth-order valence-electron chi connectivity index (χ4n) is 2.82. The van der Waals surface area contributed by atoms with E-state index in [2.05, 4.69) is 62.2 Å². The summed E-state index contributed by atoms with van der Waals surface area (Å²) < 4.78 is 1.16. The first kappa shape index (κ1) is 14.8. The zero-order valence-electron chi connectivity index (χ0n) is 11.4. The molecule has 1 unspecified atom stereocenters.